The molecule has 2 rings (SSSR count). The van der Waals surface area contributed by atoms with E-state index < -0.39 is 0 Å². The summed E-state index contributed by atoms with van der Waals surface area (Å²) in [5.41, 5.74) is 0.498. The standard InChI is InChI=1S/C9H8BrFN2O/c10-5-1-2-7(11)6(3-5)8-4-12-9(14)13-8/h1-3,8H,4H2,(H2,12,13,14)/t8-/m1/s1. The zero-order valence-corrected chi connectivity index (χ0v) is 8.77. The van der Waals surface area contributed by atoms with Crippen molar-refractivity contribution in [3.8, 4) is 0 Å². The Morgan fingerprint density at radius 1 is 1.50 bits per heavy atom. The van der Waals surface area contributed by atoms with Crippen molar-refractivity contribution in [2.75, 3.05) is 6.54 Å². The van der Waals surface area contributed by atoms with E-state index in [0.29, 0.717) is 12.1 Å². The molecule has 1 heterocycles. The molecule has 0 spiro atoms. The summed E-state index contributed by atoms with van der Waals surface area (Å²) < 4.78 is 14.1. The lowest BCUT2D eigenvalue weighted by Crippen LogP contribution is -2.22. The third-order valence-corrected chi connectivity index (χ3v) is 2.60. The number of carbonyl (C=O) groups is 1. The fourth-order valence-electron chi connectivity index (χ4n) is 1.42. The van der Waals surface area contributed by atoms with Gasteiger partial charge in [0, 0.05) is 16.6 Å². The molecule has 2 N–H and O–H groups in total. The van der Waals surface area contributed by atoms with Gasteiger partial charge in [0.1, 0.15) is 5.82 Å². The highest BCUT2D eigenvalue weighted by Crippen LogP contribution is 2.22. The topological polar surface area (TPSA) is 41.1 Å². The van der Waals surface area contributed by atoms with Gasteiger partial charge in [0.15, 0.2) is 0 Å². The maximum atomic E-state index is 13.3. The lowest BCUT2D eigenvalue weighted by Gasteiger charge is -2.10. The molecular formula is C9H8BrFN2O. The second-order valence-corrected chi connectivity index (χ2v) is 3.99. The van der Waals surface area contributed by atoms with Crippen molar-refractivity contribution in [2.24, 2.45) is 0 Å². The molecule has 1 aliphatic rings. The van der Waals surface area contributed by atoms with E-state index in [0.717, 1.165) is 4.47 Å². The summed E-state index contributed by atoms with van der Waals surface area (Å²) in [5.74, 6) is -0.304. The fourth-order valence-corrected chi connectivity index (χ4v) is 1.80. The molecular weight excluding hydrogens is 251 g/mol. The van der Waals surface area contributed by atoms with Crippen molar-refractivity contribution in [3.05, 3.63) is 34.1 Å². The van der Waals surface area contributed by atoms with Crippen molar-refractivity contribution in [2.45, 2.75) is 6.04 Å². The van der Waals surface area contributed by atoms with Gasteiger partial charge in [-0.1, -0.05) is 15.9 Å². The molecule has 0 bridgehead atoms. The third kappa shape index (κ3) is 1.72. The van der Waals surface area contributed by atoms with E-state index in [1.807, 2.05) is 0 Å². The number of benzene rings is 1. The number of amides is 2. The summed E-state index contributed by atoms with van der Waals surface area (Å²) in [6.45, 7) is 0.423. The van der Waals surface area contributed by atoms with Crippen molar-refractivity contribution >= 4 is 22.0 Å². The molecule has 0 saturated carbocycles. The molecule has 0 aliphatic carbocycles. The Balaban J connectivity index is 2.31. The van der Waals surface area contributed by atoms with Gasteiger partial charge in [-0.15, -0.1) is 0 Å². The number of carbonyl (C=O) groups excluding carboxylic acids is 1. The average Bonchev–Trinajstić information content (AvgIpc) is 2.56. The van der Waals surface area contributed by atoms with Crippen molar-refractivity contribution in [1.29, 1.82) is 0 Å². The zero-order valence-electron chi connectivity index (χ0n) is 7.18. The highest BCUT2D eigenvalue weighted by atomic mass is 79.9. The first kappa shape index (κ1) is 9.45. The minimum atomic E-state index is -0.304. The van der Waals surface area contributed by atoms with Crippen LogP contribution in [0.1, 0.15) is 11.6 Å². The van der Waals surface area contributed by atoms with E-state index in [-0.39, 0.29) is 17.9 Å². The van der Waals surface area contributed by atoms with Gasteiger partial charge in [0.25, 0.3) is 0 Å². The predicted molar refractivity (Wildman–Crippen MR) is 53.4 cm³/mol. The van der Waals surface area contributed by atoms with Gasteiger partial charge in [-0.2, -0.15) is 0 Å². The van der Waals surface area contributed by atoms with E-state index >= 15 is 0 Å². The van der Waals surface area contributed by atoms with Gasteiger partial charge >= 0.3 is 6.03 Å². The lowest BCUT2D eigenvalue weighted by molar-refractivity contribution is 0.247. The molecule has 1 aliphatic heterocycles. The van der Waals surface area contributed by atoms with Crippen molar-refractivity contribution < 1.29 is 9.18 Å². The van der Waals surface area contributed by atoms with Crippen LogP contribution in [0, 0.1) is 5.82 Å². The first-order valence-corrected chi connectivity index (χ1v) is 4.95. The molecule has 1 aromatic carbocycles. The maximum absolute atomic E-state index is 13.3. The third-order valence-electron chi connectivity index (χ3n) is 2.11. The summed E-state index contributed by atoms with van der Waals surface area (Å²) in [5, 5.41) is 5.21. The Morgan fingerprint density at radius 2 is 2.29 bits per heavy atom. The van der Waals surface area contributed by atoms with Crippen LogP contribution in [0.3, 0.4) is 0 Å². The van der Waals surface area contributed by atoms with Gasteiger partial charge < -0.3 is 10.6 Å². The molecule has 14 heavy (non-hydrogen) atoms. The van der Waals surface area contributed by atoms with Crippen LogP contribution in [0.2, 0.25) is 0 Å². The molecule has 1 fully saturated rings. The van der Waals surface area contributed by atoms with E-state index in [9.17, 15) is 9.18 Å². The summed E-state index contributed by atoms with van der Waals surface area (Å²) in [6.07, 6.45) is 0. The highest BCUT2D eigenvalue weighted by Gasteiger charge is 2.24. The van der Waals surface area contributed by atoms with Gasteiger partial charge in [-0.3, -0.25) is 0 Å². The Labute approximate surface area is 88.8 Å². The van der Waals surface area contributed by atoms with Crippen molar-refractivity contribution in [3.63, 3.8) is 0 Å². The SMILES string of the molecule is O=C1NC[C@H](c2cc(Br)ccc2F)N1. The van der Waals surface area contributed by atoms with Crippen LogP contribution in [0.25, 0.3) is 0 Å². The van der Waals surface area contributed by atoms with Crippen LogP contribution < -0.4 is 10.6 Å². The van der Waals surface area contributed by atoms with Crippen LogP contribution in [0.15, 0.2) is 22.7 Å². The normalized spacial score (nSPS) is 20.4. The number of urea groups is 1. The van der Waals surface area contributed by atoms with Gasteiger partial charge in [-0.05, 0) is 18.2 Å². The van der Waals surface area contributed by atoms with Crippen molar-refractivity contribution in [1.82, 2.24) is 10.6 Å². The zero-order chi connectivity index (χ0) is 10.1. The van der Waals surface area contributed by atoms with E-state index in [1.165, 1.54) is 6.07 Å². The number of nitrogens with one attached hydrogen (secondary N) is 2. The Morgan fingerprint density at radius 3 is 2.93 bits per heavy atom. The van der Waals surface area contributed by atoms with E-state index in [4.69, 9.17) is 0 Å². The molecule has 0 aromatic heterocycles. The number of rotatable bonds is 1. The summed E-state index contributed by atoms with van der Waals surface area (Å²) in [4.78, 5) is 10.9. The minimum Gasteiger partial charge on any atom is -0.336 e. The Kier molecular flexibility index (Phi) is 2.41. The molecule has 1 aromatic rings. The van der Waals surface area contributed by atoms with Crippen LogP contribution in [0.4, 0.5) is 9.18 Å². The monoisotopic (exact) mass is 258 g/mol. The van der Waals surface area contributed by atoms with Crippen LogP contribution in [0.5, 0.6) is 0 Å². The molecule has 3 nitrogen and oxygen atoms in total. The number of halogens is 2. The summed E-state index contributed by atoms with van der Waals surface area (Å²) in [7, 11) is 0. The van der Waals surface area contributed by atoms with Crippen LogP contribution >= 0.6 is 15.9 Å². The molecule has 1 atom stereocenters. The van der Waals surface area contributed by atoms with Gasteiger partial charge in [0.2, 0.25) is 0 Å². The lowest BCUT2D eigenvalue weighted by atomic mass is 10.1. The number of hydrogen-bond acceptors (Lipinski definition) is 1. The first-order valence-electron chi connectivity index (χ1n) is 4.16. The largest absolute Gasteiger partial charge is 0.336 e. The average molecular weight is 259 g/mol. The Hall–Kier alpha value is -1.10. The van der Waals surface area contributed by atoms with Gasteiger partial charge in [0.05, 0.1) is 6.04 Å². The second kappa shape index (κ2) is 3.57. The maximum Gasteiger partial charge on any atom is 0.315 e. The quantitative estimate of drug-likeness (QED) is 0.795. The summed E-state index contributed by atoms with van der Waals surface area (Å²) in [6, 6.07) is 4.15. The summed E-state index contributed by atoms with van der Waals surface area (Å²) >= 11 is 3.26. The molecule has 74 valence electrons. The molecule has 0 radical (unpaired) electrons. The smallest absolute Gasteiger partial charge is 0.315 e. The molecule has 5 heteroatoms. The second-order valence-electron chi connectivity index (χ2n) is 3.07. The van der Waals surface area contributed by atoms with Crippen LogP contribution in [-0.2, 0) is 0 Å². The first-order chi connectivity index (χ1) is 6.66. The predicted octanol–water partition coefficient (Wildman–Crippen LogP) is 1.94. The fraction of sp³-hybridized carbons (Fsp3) is 0.222. The number of hydrogen-bond donors (Lipinski definition) is 2. The molecule has 2 amide bonds. The Bertz CT molecular complexity index is 383. The molecule has 0 unspecified atom stereocenters. The van der Waals surface area contributed by atoms with Gasteiger partial charge in [-0.25, -0.2) is 9.18 Å². The van der Waals surface area contributed by atoms with E-state index in [2.05, 4.69) is 26.6 Å². The minimum absolute atomic E-state index is 0.255. The van der Waals surface area contributed by atoms with E-state index in [1.54, 1.807) is 12.1 Å². The van der Waals surface area contributed by atoms with Crippen LogP contribution in [-0.4, -0.2) is 12.6 Å². The molecule has 1 saturated heterocycles. The highest BCUT2D eigenvalue weighted by molar-refractivity contribution is 9.10.